The highest BCUT2D eigenvalue weighted by Gasteiger charge is 2.31. The number of sulfone groups is 1. The predicted octanol–water partition coefficient (Wildman–Crippen LogP) is 4.27. The first kappa shape index (κ1) is 22.2. The number of anilines is 1. The summed E-state index contributed by atoms with van der Waals surface area (Å²) in [6.07, 6.45) is 0. The Kier molecular flexibility index (Phi) is 6.25. The molecular formula is C20H16F3N3O4S. The number of aromatic nitrogens is 2. The van der Waals surface area contributed by atoms with Gasteiger partial charge in [0.2, 0.25) is 9.84 Å². The van der Waals surface area contributed by atoms with Crippen LogP contribution in [-0.4, -0.2) is 30.1 Å². The number of carbonyl (C=O) groups is 1. The molecule has 11 heteroatoms. The van der Waals surface area contributed by atoms with Crippen LogP contribution in [0.1, 0.15) is 21.7 Å². The second-order valence-electron chi connectivity index (χ2n) is 6.34. The van der Waals surface area contributed by atoms with Crippen LogP contribution < -0.4 is 10.1 Å². The van der Waals surface area contributed by atoms with Crippen molar-refractivity contribution in [1.29, 1.82) is 0 Å². The number of para-hydroxylation sites is 1. The minimum Gasteiger partial charge on any atom is -0.421 e. The Labute approximate surface area is 175 Å². The Bertz CT molecular complexity index is 1230. The van der Waals surface area contributed by atoms with E-state index in [0.717, 1.165) is 12.1 Å². The number of halogens is 3. The molecule has 0 fully saturated rings. The Morgan fingerprint density at radius 3 is 2.19 bits per heavy atom. The van der Waals surface area contributed by atoms with Gasteiger partial charge < -0.3 is 10.1 Å². The average molecular weight is 451 g/mol. The molecule has 1 amide bonds. The fourth-order valence-electron chi connectivity index (χ4n) is 2.72. The molecule has 0 atom stereocenters. The van der Waals surface area contributed by atoms with Crippen molar-refractivity contribution in [3.8, 4) is 11.8 Å². The number of carbonyl (C=O) groups excluding carboxylic acids is 1. The second kappa shape index (κ2) is 8.72. The zero-order valence-corrected chi connectivity index (χ0v) is 17.1. The molecule has 1 aromatic heterocycles. The van der Waals surface area contributed by atoms with Gasteiger partial charge in [0.15, 0.2) is 11.6 Å². The molecule has 162 valence electrons. The molecule has 1 N–H and O–H groups in total. The van der Waals surface area contributed by atoms with Gasteiger partial charge in [0.1, 0.15) is 0 Å². The predicted molar refractivity (Wildman–Crippen MR) is 106 cm³/mol. The van der Waals surface area contributed by atoms with Crippen molar-refractivity contribution in [3.63, 3.8) is 0 Å². The van der Waals surface area contributed by atoms with Gasteiger partial charge in [-0.15, -0.1) is 0 Å². The van der Waals surface area contributed by atoms with Crippen molar-refractivity contribution in [2.24, 2.45) is 0 Å². The van der Waals surface area contributed by atoms with Crippen LogP contribution in [0.5, 0.6) is 11.8 Å². The van der Waals surface area contributed by atoms with Gasteiger partial charge in [-0.1, -0.05) is 24.3 Å². The lowest BCUT2D eigenvalue weighted by atomic mass is 10.2. The fraction of sp³-hybridized carbons (Fsp3) is 0.150. The smallest absolute Gasteiger partial charge is 0.341 e. The minimum absolute atomic E-state index is 0.0933. The normalized spacial score (nSPS) is 11.4. The lowest BCUT2D eigenvalue weighted by molar-refractivity contribution is 0.102. The molecule has 0 spiro atoms. The molecule has 1 heterocycles. The Balaban J connectivity index is 1.91. The van der Waals surface area contributed by atoms with Gasteiger partial charge in [-0.2, -0.15) is 18.7 Å². The van der Waals surface area contributed by atoms with Crippen LogP contribution in [0.2, 0.25) is 0 Å². The summed E-state index contributed by atoms with van der Waals surface area (Å²) in [5.41, 5.74) is 0.159. The van der Waals surface area contributed by atoms with Gasteiger partial charge >= 0.3 is 11.8 Å². The number of nitrogens with zero attached hydrogens (tertiary/aromatic N) is 2. The monoisotopic (exact) mass is 451 g/mol. The van der Waals surface area contributed by atoms with Crippen LogP contribution >= 0.6 is 0 Å². The molecule has 0 saturated heterocycles. The van der Waals surface area contributed by atoms with E-state index < -0.39 is 37.8 Å². The molecule has 0 aliphatic rings. The first-order valence-corrected chi connectivity index (χ1v) is 10.4. The zero-order valence-electron chi connectivity index (χ0n) is 16.3. The number of ether oxygens (including phenoxy) is 1. The highest BCUT2D eigenvalue weighted by molar-refractivity contribution is 7.91. The topological polar surface area (TPSA) is 98.2 Å². The fourth-order valence-corrected chi connectivity index (χ4v) is 3.64. The van der Waals surface area contributed by atoms with E-state index in [4.69, 9.17) is 4.74 Å². The first-order chi connectivity index (χ1) is 14.6. The lowest BCUT2D eigenvalue weighted by Gasteiger charge is -2.14. The van der Waals surface area contributed by atoms with Crippen LogP contribution in [0.4, 0.5) is 18.9 Å². The van der Waals surface area contributed by atoms with Gasteiger partial charge in [0.05, 0.1) is 27.5 Å². The highest BCUT2D eigenvalue weighted by Crippen LogP contribution is 2.27. The van der Waals surface area contributed by atoms with Crippen molar-refractivity contribution in [3.05, 3.63) is 71.3 Å². The largest absolute Gasteiger partial charge is 0.421 e. The van der Waals surface area contributed by atoms with Crippen LogP contribution in [0, 0.1) is 19.7 Å². The molecule has 31 heavy (non-hydrogen) atoms. The number of amides is 1. The van der Waals surface area contributed by atoms with E-state index in [-0.39, 0.29) is 28.8 Å². The number of benzene rings is 2. The van der Waals surface area contributed by atoms with E-state index >= 15 is 0 Å². The molecule has 0 aliphatic carbocycles. The van der Waals surface area contributed by atoms with Crippen molar-refractivity contribution in [2.75, 3.05) is 5.32 Å². The van der Waals surface area contributed by atoms with E-state index in [1.54, 1.807) is 6.07 Å². The maximum atomic E-state index is 13.8. The van der Waals surface area contributed by atoms with Crippen molar-refractivity contribution >= 4 is 21.4 Å². The van der Waals surface area contributed by atoms with Crippen LogP contribution in [-0.2, 0) is 9.84 Å². The lowest BCUT2D eigenvalue weighted by Crippen LogP contribution is -2.21. The van der Waals surface area contributed by atoms with Crippen LogP contribution in [0.25, 0.3) is 0 Å². The van der Waals surface area contributed by atoms with Gasteiger partial charge in [0, 0.05) is 0 Å². The molecule has 0 bridgehead atoms. The average Bonchev–Trinajstić information content (AvgIpc) is 2.72. The maximum absolute atomic E-state index is 13.8. The maximum Gasteiger partial charge on any atom is 0.341 e. The standard InChI is InChI=1S/C20H16F3N3O4S/c1-11-17(12(2)25-20(24-11)30-15-9-5-4-8-14(15)21)26-18(27)13-7-3-6-10-16(13)31(28,29)19(22)23/h3-10,19H,1-2H3,(H,26,27). The molecule has 7 nitrogen and oxygen atoms in total. The number of aryl methyl sites for hydroxylation is 2. The molecule has 0 aliphatic heterocycles. The van der Waals surface area contributed by atoms with Gasteiger partial charge in [0.25, 0.3) is 5.91 Å². The van der Waals surface area contributed by atoms with E-state index in [0.29, 0.717) is 0 Å². The van der Waals surface area contributed by atoms with Gasteiger partial charge in [-0.3, -0.25) is 4.79 Å². The van der Waals surface area contributed by atoms with E-state index in [1.165, 1.54) is 44.2 Å². The molecule has 0 radical (unpaired) electrons. The summed E-state index contributed by atoms with van der Waals surface area (Å²) in [6.45, 7) is 3.03. The summed E-state index contributed by atoms with van der Waals surface area (Å²) in [5, 5.41) is 2.45. The Hall–Kier alpha value is -3.47. The summed E-state index contributed by atoms with van der Waals surface area (Å²) in [4.78, 5) is 20.0. The van der Waals surface area contributed by atoms with Crippen LogP contribution in [0.15, 0.2) is 53.4 Å². The quantitative estimate of drug-likeness (QED) is 0.601. The summed E-state index contributed by atoms with van der Waals surface area (Å²) in [6, 6.07) is 10.1. The molecule has 3 aromatic rings. The summed E-state index contributed by atoms with van der Waals surface area (Å²) in [5.74, 6) is -5.32. The van der Waals surface area contributed by atoms with E-state index in [1.807, 2.05) is 0 Å². The van der Waals surface area contributed by atoms with Crippen molar-refractivity contribution in [1.82, 2.24) is 9.97 Å². The minimum atomic E-state index is -4.99. The van der Waals surface area contributed by atoms with Gasteiger partial charge in [-0.05, 0) is 38.1 Å². The highest BCUT2D eigenvalue weighted by atomic mass is 32.2. The Morgan fingerprint density at radius 1 is 1.00 bits per heavy atom. The second-order valence-corrected chi connectivity index (χ2v) is 8.23. The number of hydrogen-bond donors (Lipinski definition) is 1. The van der Waals surface area contributed by atoms with E-state index in [2.05, 4.69) is 15.3 Å². The molecule has 3 rings (SSSR count). The third kappa shape index (κ3) is 4.66. The van der Waals surface area contributed by atoms with Gasteiger partial charge in [-0.25, -0.2) is 12.8 Å². The molecule has 0 saturated carbocycles. The summed E-state index contributed by atoms with van der Waals surface area (Å²) < 4.78 is 68.8. The number of alkyl halides is 2. The van der Waals surface area contributed by atoms with Crippen molar-refractivity contribution < 1.29 is 31.1 Å². The Morgan fingerprint density at radius 2 is 1.58 bits per heavy atom. The summed E-state index contributed by atoms with van der Waals surface area (Å²) in [7, 11) is -4.99. The first-order valence-electron chi connectivity index (χ1n) is 8.81. The molecular weight excluding hydrogens is 435 g/mol. The van der Waals surface area contributed by atoms with Crippen molar-refractivity contribution in [2.45, 2.75) is 24.5 Å². The zero-order chi connectivity index (χ0) is 22.8. The number of hydrogen-bond acceptors (Lipinski definition) is 6. The SMILES string of the molecule is Cc1nc(Oc2ccccc2F)nc(C)c1NC(=O)c1ccccc1S(=O)(=O)C(F)F. The van der Waals surface area contributed by atoms with E-state index in [9.17, 15) is 26.4 Å². The number of nitrogens with one attached hydrogen (secondary N) is 1. The summed E-state index contributed by atoms with van der Waals surface area (Å²) >= 11 is 0. The van der Waals surface area contributed by atoms with Crippen LogP contribution in [0.3, 0.4) is 0 Å². The molecule has 2 aromatic carbocycles. The third-order valence-electron chi connectivity index (χ3n) is 4.20. The number of rotatable bonds is 6. The molecule has 0 unspecified atom stereocenters. The third-order valence-corrected chi connectivity index (χ3v) is 5.64.